The maximum atomic E-state index is 13.4. The van der Waals surface area contributed by atoms with Gasteiger partial charge in [-0.1, -0.05) is 32.9 Å². The smallest absolute Gasteiger partial charge is 0.286 e. The molecule has 0 fully saturated rings. The summed E-state index contributed by atoms with van der Waals surface area (Å²) in [4.78, 5) is 10.8. The van der Waals surface area contributed by atoms with Crippen molar-refractivity contribution < 1.29 is 8.78 Å². The van der Waals surface area contributed by atoms with Crippen molar-refractivity contribution in [2.75, 3.05) is 18.4 Å². The molecule has 0 aliphatic carbocycles. The average molecular weight is 379 g/mol. The molecule has 0 aliphatic rings. The largest absolute Gasteiger partial charge is 0.355 e. The molecular weight excluding hydrogens is 346 g/mol. The lowest BCUT2D eigenvalue weighted by Crippen LogP contribution is -2.35. The van der Waals surface area contributed by atoms with Crippen LogP contribution in [0.15, 0.2) is 47.4 Å². The quantitative estimate of drug-likeness (QED) is 0.404. The van der Waals surface area contributed by atoms with Gasteiger partial charge in [-0.2, -0.15) is 8.78 Å². The minimum Gasteiger partial charge on any atom is -0.355 e. The van der Waals surface area contributed by atoms with Crippen LogP contribution in [-0.4, -0.2) is 28.8 Å². The van der Waals surface area contributed by atoms with Gasteiger partial charge in [-0.25, -0.2) is 4.99 Å². The van der Waals surface area contributed by atoms with E-state index in [2.05, 4.69) is 47.0 Å². The lowest BCUT2D eigenvalue weighted by Gasteiger charge is -2.27. The average Bonchev–Trinajstić information content (AvgIpc) is 2.62. The molecule has 0 radical (unpaired) electrons. The summed E-state index contributed by atoms with van der Waals surface area (Å²) >= 11 is 0. The molecule has 150 valence electrons. The SMILES string of the molecule is C\C=C/N=C(\C(=C\CC)Nc1ccc(C(C)(F)F)nc1)N(CCC)CCC. The summed E-state index contributed by atoms with van der Waals surface area (Å²) in [6.07, 6.45) is 10.0. The molecule has 0 spiro atoms. The number of amidine groups is 1. The molecule has 1 heterocycles. The van der Waals surface area contributed by atoms with E-state index < -0.39 is 5.92 Å². The minimum absolute atomic E-state index is 0.240. The van der Waals surface area contributed by atoms with Gasteiger partial charge in [-0.15, -0.1) is 0 Å². The molecule has 0 aliphatic heterocycles. The van der Waals surface area contributed by atoms with Crippen molar-refractivity contribution in [2.45, 2.75) is 59.8 Å². The molecule has 1 N–H and O–H groups in total. The number of pyridine rings is 1. The fourth-order valence-electron chi connectivity index (χ4n) is 2.62. The third-order valence-corrected chi connectivity index (χ3v) is 3.77. The van der Waals surface area contributed by atoms with Crippen LogP contribution in [0.5, 0.6) is 0 Å². The molecule has 4 nitrogen and oxygen atoms in total. The van der Waals surface area contributed by atoms with Gasteiger partial charge in [-0.05, 0) is 38.3 Å². The Morgan fingerprint density at radius 3 is 2.33 bits per heavy atom. The molecule has 6 heteroatoms. The Bertz CT molecular complexity index is 637. The van der Waals surface area contributed by atoms with Crippen LogP contribution in [0.3, 0.4) is 0 Å². The van der Waals surface area contributed by atoms with Gasteiger partial charge in [0.2, 0.25) is 0 Å². The van der Waals surface area contributed by atoms with Gasteiger partial charge in [0.25, 0.3) is 5.92 Å². The van der Waals surface area contributed by atoms with Gasteiger partial charge in [0.15, 0.2) is 5.84 Å². The highest BCUT2D eigenvalue weighted by atomic mass is 19.3. The Balaban J connectivity index is 3.19. The highest BCUT2D eigenvalue weighted by molar-refractivity contribution is 6.01. The van der Waals surface area contributed by atoms with Gasteiger partial charge in [0, 0.05) is 26.2 Å². The number of aromatic nitrogens is 1. The molecule has 1 aromatic rings. The molecule has 0 bridgehead atoms. The first kappa shape index (κ1) is 22.8. The second-order valence-corrected chi connectivity index (χ2v) is 6.39. The Labute approximate surface area is 162 Å². The van der Waals surface area contributed by atoms with Crippen molar-refractivity contribution in [1.82, 2.24) is 9.88 Å². The number of hydrogen-bond donors (Lipinski definition) is 1. The summed E-state index contributed by atoms with van der Waals surface area (Å²) in [5.74, 6) is -2.10. The number of halogens is 2. The van der Waals surface area contributed by atoms with Gasteiger partial charge in [0.05, 0.1) is 17.6 Å². The van der Waals surface area contributed by atoms with E-state index in [4.69, 9.17) is 0 Å². The Kier molecular flexibility index (Phi) is 9.68. The van der Waals surface area contributed by atoms with Gasteiger partial charge >= 0.3 is 0 Å². The van der Waals surface area contributed by atoms with Crippen LogP contribution >= 0.6 is 0 Å². The molecular formula is C21H32F2N4. The Morgan fingerprint density at radius 2 is 1.89 bits per heavy atom. The van der Waals surface area contributed by atoms with Crippen molar-refractivity contribution in [1.29, 1.82) is 0 Å². The van der Waals surface area contributed by atoms with Crippen LogP contribution in [0.2, 0.25) is 0 Å². The van der Waals surface area contributed by atoms with Crippen LogP contribution in [0.1, 0.15) is 59.6 Å². The lowest BCUT2D eigenvalue weighted by molar-refractivity contribution is 0.0128. The summed E-state index contributed by atoms with van der Waals surface area (Å²) in [6, 6.07) is 2.98. The molecule has 27 heavy (non-hydrogen) atoms. The summed E-state index contributed by atoms with van der Waals surface area (Å²) in [5, 5.41) is 3.31. The van der Waals surface area contributed by atoms with E-state index >= 15 is 0 Å². The molecule has 0 unspecified atom stereocenters. The number of nitrogens with zero attached hydrogens (tertiary/aromatic N) is 3. The standard InChI is InChI=1S/C21H32F2N4/c1-6-10-18(20(24-13-7-2)27(14-8-3)15-9-4)26-17-11-12-19(25-16-17)21(5,22)23/h7,10-13,16,26H,6,8-9,14-15H2,1-5H3/b13-7-,18-10-,24-20+. The third-order valence-electron chi connectivity index (χ3n) is 3.77. The second kappa shape index (κ2) is 11.5. The van der Waals surface area contributed by atoms with Crippen molar-refractivity contribution in [3.8, 4) is 0 Å². The fourth-order valence-corrected chi connectivity index (χ4v) is 2.62. The van der Waals surface area contributed by atoms with Gasteiger partial charge in [-0.3, -0.25) is 4.98 Å². The van der Waals surface area contributed by atoms with E-state index in [1.165, 1.54) is 12.3 Å². The van der Waals surface area contributed by atoms with Crippen LogP contribution in [0, 0.1) is 0 Å². The van der Waals surface area contributed by atoms with E-state index in [1.807, 2.05) is 13.0 Å². The number of hydrogen-bond acceptors (Lipinski definition) is 3. The molecule has 0 saturated heterocycles. The molecule has 0 saturated carbocycles. The third kappa shape index (κ3) is 7.49. The number of allylic oxidation sites excluding steroid dienone is 2. The zero-order chi connectivity index (χ0) is 20.3. The minimum atomic E-state index is -2.95. The first-order chi connectivity index (χ1) is 12.9. The molecule has 0 atom stereocenters. The fraction of sp³-hybridized carbons (Fsp3) is 0.524. The van der Waals surface area contributed by atoms with Gasteiger partial charge < -0.3 is 10.2 Å². The maximum absolute atomic E-state index is 13.4. The van der Waals surface area contributed by atoms with E-state index in [1.54, 1.807) is 12.3 Å². The number of aliphatic imine (C=N–C) groups is 1. The molecule has 1 rings (SSSR count). The second-order valence-electron chi connectivity index (χ2n) is 6.39. The zero-order valence-electron chi connectivity index (χ0n) is 17.1. The Hall–Kier alpha value is -2.24. The van der Waals surface area contributed by atoms with Crippen molar-refractivity contribution in [2.24, 2.45) is 4.99 Å². The lowest BCUT2D eigenvalue weighted by atomic mass is 10.2. The topological polar surface area (TPSA) is 40.5 Å². The number of rotatable bonds is 10. The molecule has 1 aromatic heterocycles. The van der Waals surface area contributed by atoms with Crippen LogP contribution in [0.25, 0.3) is 0 Å². The maximum Gasteiger partial charge on any atom is 0.286 e. The number of alkyl halides is 2. The van der Waals surface area contributed by atoms with Crippen LogP contribution in [0.4, 0.5) is 14.5 Å². The van der Waals surface area contributed by atoms with Crippen molar-refractivity contribution in [3.63, 3.8) is 0 Å². The Morgan fingerprint density at radius 1 is 1.22 bits per heavy atom. The van der Waals surface area contributed by atoms with Crippen molar-refractivity contribution >= 4 is 11.5 Å². The predicted molar refractivity (Wildman–Crippen MR) is 110 cm³/mol. The summed E-state index contributed by atoms with van der Waals surface area (Å²) in [7, 11) is 0. The van der Waals surface area contributed by atoms with E-state index in [0.717, 1.165) is 50.8 Å². The first-order valence-electron chi connectivity index (χ1n) is 9.63. The van der Waals surface area contributed by atoms with Crippen LogP contribution < -0.4 is 5.32 Å². The normalized spacial score (nSPS) is 13.3. The molecule has 0 amide bonds. The number of nitrogens with one attached hydrogen (secondary N) is 1. The number of anilines is 1. The highest BCUT2D eigenvalue weighted by Crippen LogP contribution is 2.26. The zero-order valence-corrected chi connectivity index (χ0v) is 17.1. The predicted octanol–water partition coefficient (Wildman–Crippen LogP) is 5.95. The first-order valence-corrected chi connectivity index (χ1v) is 9.63. The van der Waals surface area contributed by atoms with Crippen LogP contribution in [-0.2, 0) is 5.92 Å². The monoisotopic (exact) mass is 378 g/mol. The van der Waals surface area contributed by atoms with E-state index in [-0.39, 0.29) is 5.69 Å². The van der Waals surface area contributed by atoms with Crippen molar-refractivity contribution in [3.05, 3.63) is 48.1 Å². The highest BCUT2D eigenvalue weighted by Gasteiger charge is 2.25. The van der Waals surface area contributed by atoms with Gasteiger partial charge in [0.1, 0.15) is 5.69 Å². The summed E-state index contributed by atoms with van der Waals surface area (Å²) in [5.41, 5.74) is 1.27. The summed E-state index contributed by atoms with van der Waals surface area (Å²) < 4.78 is 26.8. The van der Waals surface area contributed by atoms with E-state index in [9.17, 15) is 8.78 Å². The molecule has 0 aromatic carbocycles. The van der Waals surface area contributed by atoms with E-state index in [0.29, 0.717) is 5.69 Å². The summed E-state index contributed by atoms with van der Waals surface area (Å²) in [6.45, 7) is 10.9.